The van der Waals surface area contributed by atoms with Crippen LogP contribution in [0.5, 0.6) is 5.75 Å². The number of nitrogens with zero attached hydrogens (tertiary/aromatic N) is 3. The molecule has 1 amide bonds. The molecule has 4 rings (SSSR count). The molecule has 0 bridgehead atoms. The van der Waals surface area contributed by atoms with Crippen LogP contribution in [0.25, 0.3) is 0 Å². The van der Waals surface area contributed by atoms with Crippen molar-refractivity contribution in [1.29, 1.82) is 0 Å². The highest BCUT2D eigenvalue weighted by molar-refractivity contribution is 6.30. The van der Waals surface area contributed by atoms with Crippen LogP contribution >= 0.6 is 11.6 Å². The second-order valence-electron chi connectivity index (χ2n) is 7.05. The quantitative estimate of drug-likeness (QED) is 0.829. The maximum absolute atomic E-state index is 12.2. The fraction of sp³-hybridized carbons (Fsp3) is 0.400. The third kappa shape index (κ3) is 3.01. The molecule has 2 aliphatic rings. The van der Waals surface area contributed by atoms with Crippen molar-refractivity contribution in [2.75, 3.05) is 31.6 Å². The number of hydrogen-bond donors (Lipinski definition) is 0. The summed E-state index contributed by atoms with van der Waals surface area (Å²) in [6.45, 7) is 4.26. The summed E-state index contributed by atoms with van der Waals surface area (Å²) in [4.78, 5) is 21.0. The average molecular weight is 372 g/mol. The molecule has 2 fully saturated rings. The Morgan fingerprint density at radius 2 is 1.92 bits per heavy atom. The van der Waals surface area contributed by atoms with E-state index in [0.717, 1.165) is 31.2 Å². The second kappa shape index (κ2) is 6.80. The Morgan fingerprint density at radius 1 is 1.15 bits per heavy atom. The van der Waals surface area contributed by atoms with Gasteiger partial charge in [0.1, 0.15) is 11.6 Å². The van der Waals surface area contributed by atoms with Crippen LogP contribution in [-0.4, -0.2) is 42.5 Å². The number of anilines is 1. The zero-order valence-corrected chi connectivity index (χ0v) is 15.7. The fourth-order valence-electron chi connectivity index (χ4n) is 4.34. The maximum atomic E-state index is 12.2. The summed E-state index contributed by atoms with van der Waals surface area (Å²) in [7, 11) is 1.66. The van der Waals surface area contributed by atoms with Gasteiger partial charge < -0.3 is 14.5 Å². The number of likely N-dealkylation sites (tertiary alicyclic amines) is 1. The number of carbonyl (C=O) groups excluding carboxylic acids is 1. The highest BCUT2D eigenvalue weighted by atomic mass is 35.5. The summed E-state index contributed by atoms with van der Waals surface area (Å²) in [5, 5.41) is 0.645. The molecule has 0 N–H and O–H groups in total. The molecule has 0 saturated carbocycles. The van der Waals surface area contributed by atoms with Crippen LogP contribution in [0.4, 0.5) is 5.82 Å². The van der Waals surface area contributed by atoms with Gasteiger partial charge >= 0.3 is 0 Å². The molecule has 1 aromatic heterocycles. The molecule has 2 saturated heterocycles. The first-order chi connectivity index (χ1) is 12.6. The van der Waals surface area contributed by atoms with E-state index in [2.05, 4.69) is 22.0 Å². The van der Waals surface area contributed by atoms with Crippen LogP contribution in [0.1, 0.15) is 18.5 Å². The van der Waals surface area contributed by atoms with Crippen molar-refractivity contribution in [1.82, 2.24) is 9.88 Å². The molecule has 3 atom stereocenters. The van der Waals surface area contributed by atoms with Crippen LogP contribution in [0, 0.1) is 11.8 Å². The van der Waals surface area contributed by atoms with Gasteiger partial charge in [-0.1, -0.05) is 23.7 Å². The molecule has 136 valence electrons. The number of aromatic nitrogens is 1. The molecular weight excluding hydrogens is 350 g/mol. The van der Waals surface area contributed by atoms with Gasteiger partial charge in [-0.25, -0.2) is 4.98 Å². The van der Waals surface area contributed by atoms with Crippen LogP contribution in [0.3, 0.4) is 0 Å². The van der Waals surface area contributed by atoms with Crippen molar-refractivity contribution in [3.63, 3.8) is 0 Å². The summed E-state index contributed by atoms with van der Waals surface area (Å²) in [6.07, 6.45) is 1.69. The Balaban J connectivity index is 1.60. The van der Waals surface area contributed by atoms with Crippen LogP contribution in [0.15, 0.2) is 42.6 Å². The number of hydrogen-bond acceptors (Lipinski definition) is 4. The van der Waals surface area contributed by atoms with Gasteiger partial charge in [-0.15, -0.1) is 0 Å². The lowest BCUT2D eigenvalue weighted by Crippen LogP contribution is -2.34. The molecular formula is C20H22ClN3O2. The third-order valence-corrected chi connectivity index (χ3v) is 5.79. The molecule has 2 aliphatic heterocycles. The topological polar surface area (TPSA) is 45.7 Å². The molecule has 0 spiro atoms. The number of rotatable bonds is 3. The zero-order valence-electron chi connectivity index (χ0n) is 14.9. The van der Waals surface area contributed by atoms with Crippen molar-refractivity contribution in [3.05, 3.63) is 53.2 Å². The van der Waals surface area contributed by atoms with E-state index < -0.39 is 0 Å². The van der Waals surface area contributed by atoms with Gasteiger partial charge in [-0.3, -0.25) is 4.79 Å². The number of carbonyl (C=O) groups is 1. The Kier molecular flexibility index (Phi) is 4.49. The summed E-state index contributed by atoms with van der Waals surface area (Å²) >= 11 is 5.96. The van der Waals surface area contributed by atoms with Gasteiger partial charge in [0.25, 0.3) is 0 Å². The lowest BCUT2D eigenvalue weighted by atomic mass is 9.89. The Hall–Kier alpha value is -2.27. The number of fused-ring (bicyclic) bond motifs is 1. The summed E-state index contributed by atoms with van der Waals surface area (Å²) in [6, 6.07) is 12.0. The second-order valence-corrected chi connectivity index (χ2v) is 7.49. The largest absolute Gasteiger partial charge is 0.497 e. The normalized spacial score (nSPS) is 24.7. The molecule has 1 aromatic carbocycles. The lowest BCUT2D eigenvalue weighted by molar-refractivity contribution is -0.130. The SMILES string of the molecule is COc1ccc([C@H]2[C@@H]3CN(c4ccc(Cl)cn4)C[C@@H]3CN2C(C)=O)cc1. The Morgan fingerprint density at radius 3 is 2.54 bits per heavy atom. The van der Waals surface area contributed by atoms with Gasteiger partial charge in [0.15, 0.2) is 0 Å². The van der Waals surface area contributed by atoms with Crippen LogP contribution in [0.2, 0.25) is 5.02 Å². The number of benzene rings is 1. The van der Waals surface area contributed by atoms with E-state index in [4.69, 9.17) is 16.3 Å². The smallest absolute Gasteiger partial charge is 0.219 e. The van der Waals surface area contributed by atoms with Gasteiger partial charge in [0, 0.05) is 44.6 Å². The average Bonchev–Trinajstić information content (AvgIpc) is 3.20. The minimum absolute atomic E-state index is 0.0979. The predicted molar refractivity (Wildman–Crippen MR) is 102 cm³/mol. The number of amides is 1. The standard InChI is InChI=1S/C20H22ClN3O2/c1-13(25)24-11-15-10-23(19-8-5-16(21)9-22-19)12-18(15)20(24)14-3-6-17(26-2)7-4-14/h3-9,15,18,20H,10-12H2,1-2H3/t15-,18-,20+/m1/s1. The maximum Gasteiger partial charge on any atom is 0.219 e. The van der Waals surface area contributed by atoms with E-state index in [-0.39, 0.29) is 11.9 Å². The molecule has 0 radical (unpaired) electrons. The third-order valence-electron chi connectivity index (χ3n) is 5.56. The summed E-state index contributed by atoms with van der Waals surface area (Å²) < 4.78 is 5.27. The van der Waals surface area contributed by atoms with E-state index in [9.17, 15) is 4.79 Å². The first kappa shape index (κ1) is 17.2. The number of halogens is 1. The van der Waals surface area contributed by atoms with Crippen molar-refractivity contribution >= 4 is 23.3 Å². The van der Waals surface area contributed by atoms with E-state index in [0.29, 0.717) is 16.9 Å². The van der Waals surface area contributed by atoms with Crippen LogP contribution in [-0.2, 0) is 4.79 Å². The minimum atomic E-state index is 0.0979. The predicted octanol–water partition coefficient (Wildman–Crippen LogP) is 3.40. The zero-order chi connectivity index (χ0) is 18.3. The van der Waals surface area contributed by atoms with Crippen LogP contribution < -0.4 is 9.64 Å². The first-order valence-electron chi connectivity index (χ1n) is 8.84. The molecule has 6 heteroatoms. The number of methoxy groups -OCH3 is 1. The highest BCUT2D eigenvalue weighted by Gasteiger charge is 2.48. The molecule has 3 heterocycles. The Labute approximate surface area is 158 Å². The van der Waals surface area contributed by atoms with Gasteiger partial charge in [0.2, 0.25) is 5.91 Å². The van der Waals surface area contributed by atoms with Gasteiger partial charge in [0.05, 0.1) is 18.2 Å². The molecule has 26 heavy (non-hydrogen) atoms. The number of ether oxygens (including phenoxy) is 1. The van der Waals surface area contributed by atoms with E-state index in [1.165, 1.54) is 5.56 Å². The fourth-order valence-corrected chi connectivity index (χ4v) is 4.45. The lowest BCUT2D eigenvalue weighted by Gasteiger charge is -2.29. The molecule has 0 aliphatic carbocycles. The van der Waals surface area contributed by atoms with Gasteiger partial charge in [-0.05, 0) is 29.8 Å². The molecule has 0 unspecified atom stereocenters. The summed E-state index contributed by atoms with van der Waals surface area (Å²) in [5.41, 5.74) is 1.17. The molecule has 5 nitrogen and oxygen atoms in total. The minimum Gasteiger partial charge on any atom is -0.497 e. The van der Waals surface area contributed by atoms with E-state index >= 15 is 0 Å². The summed E-state index contributed by atoms with van der Waals surface area (Å²) in [5.74, 6) is 2.76. The number of pyridine rings is 1. The van der Waals surface area contributed by atoms with E-state index in [1.54, 1.807) is 20.2 Å². The monoisotopic (exact) mass is 371 g/mol. The Bertz CT molecular complexity index is 794. The first-order valence-corrected chi connectivity index (χ1v) is 9.22. The van der Waals surface area contributed by atoms with Crippen molar-refractivity contribution in [2.45, 2.75) is 13.0 Å². The highest BCUT2D eigenvalue weighted by Crippen LogP contribution is 2.45. The van der Waals surface area contributed by atoms with Gasteiger partial charge in [-0.2, -0.15) is 0 Å². The molecule has 2 aromatic rings. The van der Waals surface area contributed by atoms with Crippen molar-refractivity contribution in [2.24, 2.45) is 11.8 Å². The van der Waals surface area contributed by atoms with E-state index in [1.807, 2.05) is 29.2 Å². The van der Waals surface area contributed by atoms with Crippen molar-refractivity contribution < 1.29 is 9.53 Å². The van der Waals surface area contributed by atoms with Crippen molar-refractivity contribution in [3.8, 4) is 5.75 Å².